The Kier molecular flexibility index (Phi) is 6.90. The lowest BCUT2D eigenvalue weighted by atomic mass is 10.2. The number of hydrogen-bond acceptors (Lipinski definition) is 7. The molecule has 170 valence electrons. The average molecular weight is 461 g/mol. The van der Waals surface area contributed by atoms with Gasteiger partial charge in [0, 0.05) is 38.3 Å². The molecule has 0 aliphatic carbocycles. The van der Waals surface area contributed by atoms with E-state index in [9.17, 15) is 28.1 Å². The van der Waals surface area contributed by atoms with Crippen molar-refractivity contribution in [1.82, 2.24) is 9.21 Å². The third kappa shape index (κ3) is 5.11. The van der Waals surface area contributed by atoms with Gasteiger partial charge in [-0.2, -0.15) is 4.31 Å². The monoisotopic (exact) mass is 461 g/mol. The van der Waals surface area contributed by atoms with Crippen LogP contribution in [0, 0.1) is 24.0 Å². The molecule has 10 nitrogen and oxygen atoms in total. The third-order valence-electron chi connectivity index (χ3n) is 5.18. The van der Waals surface area contributed by atoms with Crippen molar-refractivity contribution >= 4 is 27.6 Å². The van der Waals surface area contributed by atoms with Crippen LogP contribution in [0.4, 0.5) is 5.69 Å². The van der Waals surface area contributed by atoms with Gasteiger partial charge >= 0.3 is 5.97 Å². The van der Waals surface area contributed by atoms with Crippen molar-refractivity contribution in [3.63, 3.8) is 0 Å². The number of benzene rings is 2. The standard InChI is InChI=1S/C21H23N3O7S/c1-15-3-8-19(16(2)13-15)32(29,30)23-11-9-22(10-12-23)20(25)14-31-21(26)17-4-6-18(7-5-17)24(27)28/h3-8,13H,9-12,14H2,1-2H3. The van der Waals surface area contributed by atoms with E-state index in [0.29, 0.717) is 5.56 Å². The maximum absolute atomic E-state index is 12.9. The van der Waals surface area contributed by atoms with Gasteiger partial charge in [-0.05, 0) is 37.6 Å². The molecule has 0 atom stereocenters. The first-order valence-electron chi connectivity index (χ1n) is 9.86. The van der Waals surface area contributed by atoms with E-state index < -0.39 is 33.4 Å². The molecule has 2 aromatic rings. The van der Waals surface area contributed by atoms with Crippen molar-refractivity contribution in [2.75, 3.05) is 32.8 Å². The minimum Gasteiger partial charge on any atom is -0.452 e. The van der Waals surface area contributed by atoms with E-state index in [-0.39, 0.29) is 42.3 Å². The quantitative estimate of drug-likeness (QED) is 0.365. The Morgan fingerprint density at radius 2 is 1.66 bits per heavy atom. The lowest BCUT2D eigenvalue weighted by Gasteiger charge is -2.34. The maximum atomic E-state index is 12.9. The van der Waals surface area contributed by atoms with Crippen molar-refractivity contribution in [3.8, 4) is 0 Å². The summed E-state index contributed by atoms with van der Waals surface area (Å²) in [4.78, 5) is 36.2. The molecule has 0 N–H and O–H groups in total. The van der Waals surface area contributed by atoms with Crippen LogP contribution in [0.1, 0.15) is 21.5 Å². The molecule has 1 fully saturated rings. The first-order chi connectivity index (χ1) is 15.1. The number of nitrogens with zero attached hydrogens (tertiary/aromatic N) is 3. The van der Waals surface area contributed by atoms with Crippen LogP contribution in [-0.2, 0) is 19.6 Å². The fourth-order valence-electron chi connectivity index (χ4n) is 3.43. The molecular formula is C21H23N3O7S. The summed E-state index contributed by atoms with van der Waals surface area (Å²) in [6.45, 7) is 3.77. The first-order valence-corrected chi connectivity index (χ1v) is 11.3. The van der Waals surface area contributed by atoms with Crippen LogP contribution in [0.3, 0.4) is 0 Å². The Bertz CT molecular complexity index is 1140. The van der Waals surface area contributed by atoms with E-state index in [1.54, 1.807) is 19.1 Å². The maximum Gasteiger partial charge on any atom is 0.338 e. The number of esters is 1. The Hall–Kier alpha value is -3.31. The van der Waals surface area contributed by atoms with Crippen molar-refractivity contribution in [1.29, 1.82) is 0 Å². The van der Waals surface area contributed by atoms with Gasteiger partial charge in [0.2, 0.25) is 10.0 Å². The normalized spacial score (nSPS) is 14.8. The van der Waals surface area contributed by atoms with Gasteiger partial charge in [-0.3, -0.25) is 14.9 Å². The minimum atomic E-state index is -3.67. The number of hydrogen-bond donors (Lipinski definition) is 0. The Morgan fingerprint density at radius 3 is 2.22 bits per heavy atom. The number of amides is 1. The summed E-state index contributed by atoms with van der Waals surface area (Å²) in [5.41, 5.74) is 1.57. The largest absolute Gasteiger partial charge is 0.452 e. The molecule has 0 saturated carbocycles. The number of carbonyl (C=O) groups is 2. The zero-order chi connectivity index (χ0) is 23.5. The van der Waals surface area contributed by atoms with Gasteiger partial charge in [0.1, 0.15) is 0 Å². The molecule has 0 spiro atoms. The highest BCUT2D eigenvalue weighted by molar-refractivity contribution is 7.89. The second-order valence-corrected chi connectivity index (χ2v) is 9.34. The predicted octanol–water partition coefficient (Wildman–Crippen LogP) is 1.90. The van der Waals surface area contributed by atoms with E-state index >= 15 is 0 Å². The summed E-state index contributed by atoms with van der Waals surface area (Å²) < 4.78 is 32.2. The highest BCUT2D eigenvalue weighted by Gasteiger charge is 2.31. The topological polar surface area (TPSA) is 127 Å². The van der Waals surface area contributed by atoms with Crippen LogP contribution in [0.5, 0.6) is 0 Å². The molecule has 32 heavy (non-hydrogen) atoms. The van der Waals surface area contributed by atoms with Gasteiger partial charge in [-0.1, -0.05) is 17.7 Å². The molecule has 0 radical (unpaired) electrons. The molecule has 2 aromatic carbocycles. The van der Waals surface area contributed by atoms with Crippen LogP contribution >= 0.6 is 0 Å². The molecule has 11 heteroatoms. The summed E-state index contributed by atoms with van der Waals surface area (Å²) in [5, 5.41) is 10.7. The van der Waals surface area contributed by atoms with Crippen LogP contribution in [0.2, 0.25) is 0 Å². The minimum absolute atomic E-state index is 0.0905. The second kappa shape index (κ2) is 9.45. The predicted molar refractivity (Wildman–Crippen MR) is 115 cm³/mol. The number of nitro groups is 1. The first kappa shape index (κ1) is 23.4. The fourth-order valence-corrected chi connectivity index (χ4v) is 5.05. The number of aryl methyl sites for hydroxylation is 2. The molecule has 0 aromatic heterocycles. The summed E-state index contributed by atoms with van der Waals surface area (Å²) >= 11 is 0. The van der Waals surface area contributed by atoms with Crippen LogP contribution in [0.25, 0.3) is 0 Å². The SMILES string of the molecule is Cc1ccc(S(=O)(=O)N2CCN(C(=O)COC(=O)c3ccc([N+](=O)[O-])cc3)CC2)c(C)c1. The third-order valence-corrected chi connectivity index (χ3v) is 7.24. The Labute approximate surface area is 185 Å². The van der Waals surface area contributed by atoms with Crippen molar-refractivity contribution in [2.45, 2.75) is 18.7 Å². The van der Waals surface area contributed by atoms with Gasteiger partial charge in [0.15, 0.2) is 6.61 Å². The van der Waals surface area contributed by atoms with Gasteiger partial charge < -0.3 is 9.64 Å². The zero-order valence-electron chi connectivity index (χ0n) is 17.7. The molecule has 0 unspecified atom stereocenters. The number of rotatable bonds is 6. The molecule has 1 aliphatic heterocycles. The van der Waals surface area contributed by atoms with E-state index in [4.69, 9.17) is 4.74 Å². The molecule has 0 bridgehead atoms. The lowest BCUT2D eigenvalue weighted by Crippen LogP contribution is -2.51. The van der Waals surface area contributed by atoms with Crippen LogP contribution < -0.4 is 0 Å². The number of non-ortho nitro benzene ring substituents is 1. The number of ether oxygens (including phenoxy) is 1. The summed E-state index contributed by atoms with van der Waals surface area (Å²) in [6.07, 6.45) is 0. The Balaban J connectivity index is 1.54. The van der Waals surface area contributed by atoms with E-state index in [2.05, 4.69) is 0 Å². The molecule has 1 saturated heterocycles. The van der Waals surface area contributed by atoms with E-state index in [0.717, 1.165) is 5.56 Å². The molecule has 3 rings (SSSR count). The average Bonchev–Trinajstić information content (AvgIpc) is 2.77. The summed E-state index contributed by atoms with van der Waals surface area (Å²) in [7, 11) is -3.67. The van der Waals surface area contributed by atoms with Gasteiger partial charge in [-0.25, -0.2) is 13.2 Å². The lowest BCUT2D eigenvalue weighted by molar-refractivity contribution is -0.384. The number of nitro benzene ring substituents is 1. The highest BCUT2D eigenvalue weighted by atomic mass is 32.2. The number of sulfonamides is 1. The second-order valence-electron chi connectivity index (χ2n) is 7.43. The van der Waals surface area contributed by atoms with E-state index in [1.807, 2.05) is 13.0 Å². The fraction of sp³-hybridized carbons (Fsp3) is 0.333. The van der Waals surface area contributed by atoms with E-state index in [1.165, 1.54) is 33.5 Å². The smallest absolute Gasteiger partial charge is 0.338 e. The van der Waals surface area contributed by atoms with Crippen LogP contribution in [0.15, 0.2) is 47.4 Å². The number of carbonyl (C=O) groups excluding carboxylic acids is 2. The van der Waals surface area contributed by atoms with Gasteiger partial charge in [0.05, 0.1) is 15.4 Å². The van der Waals surface area contributed by atoms with Gasteiger partial charge in [0.25, 0.3) is 11.6 Å². The molecular weight excluding hydrogens is 438 g/mol. The summed E-state index contributed by atoms with van der Waals surface area (Å²) in [6, 6.07) is 10.0. The Morgan fingerprint density at radius 1 is 1.03 bits per heavy atom. The van der Waals surface area contributed by atoms with Crippen LogP contribution in [-0.4, -0.2) is 67.2 Å². The molecule has 1 amide bonds. The molecule has 1 heterocycles. The molecule has 1 aliphatic rings. The highest BCUT2D eigenvalue weighted by Crippen LogP contribution is 2.22. The van der Waals surface area contributed by atoms with Gasteiger partial charge in [-0.15, -0.1) is 0 Å². The van der Waals surface area contributed by atoms with Crippen molar-refractivity contribution in [2.24, 2.45) is 0 Å². The summed E-state index contributed by atoms with van der Waals surface area (Å²) in [5.74, 6) is -1.21. The zero-order valence-corrected chi connectivity index (χ0v) is 18.5. The van der Waals surface area contributed by atoms with Crippen molar-refractivity contribution in [3.05, 3.63) is 69.3 Å². The van der Waals surface area contributed by atoms with Crippen molar-refractivity contribution < 1.29 is 27.7 Å². The number of piperazine rings is 1.